The first-order chi connectivity index (χ1) is 11.6. The fraction of sp³-hybridized carbons (Fsp3) is 0.882. The van der Waals surface area contributed by atoms with Gasteiger partial charge < -0.3 is 15.0 Å². The van der Waals surface area contributed by atoms with E-state index in [4.69, 9.17) is 4.74 Å². The van der Waals surface area contributed by atoms with Gasteiger partial charge in [0.05, 0.1) is 29.6 Å². The minimum atomic E-state index is -3.18. The summed E-state index contributed by atoms with van der Waals surface area (Å²) in [6, 6.07) is 0. The molecule has 0 aromatic rings. The van der Waals surface area contributed by atoms with E-state index in [1.807, 2.05) is 13.8 Å². The van der Waals surface area contributed by atoms with Crippen molar-refractivity contribution in [3.63, 3.8) is 0 Å². The smallest absolute Gasteiger partial charge is 0.309 e. The quantitative estimate of drug-likeness (QED) is 0.429. The van der Waals surface area contributed by atoms with Crippen LogP contribution >= 0.6 is 0 Å². The second-order valence-corrected chi connectivity index (χ2v) is 10.0. The minimum absolute atomic E-state index is 0.0324. The zero-order valence-corrected chi connectivity index (χ0v) is 17.0. The molecule has 1 N–H and O–H groups in total. The van der Waals surface area contributed by atoms with Crippen molar-refractivity contribution in [2.75, 3.05) is 38.5 Å². The Balaban J connectivity index is 2.64. The topological polar surface area (TPSA) is 88.1 Å². The Morgan fingerprint density at radius 3 is 2.32 bits per heavy atom. The monoisotopic (exact) mass is 375 g/mol. The molecule has 0 radical (unpaired) electrons. The molecular weight excluding hydrogens is 342 g/mol. The lowest BCUT2D eigenvalue weighted by Gasteiger charge is -2.33. The molecule has 0 saturated carbocycles. The Labute approximate surface area is 152 Å². The van der Waals surface area contributed by atoms with Crippen molar-refractivity contribution in [3.8, 4) is 0 Å². The van der Waals surface area contributed by atoms with Crippen LogP contribution in [0, 0.1) is 5.92 Å². The van der Waals surface area contributed by atoms with Gasteiger partial charge in [-0.25, -0.2) is 8.42 Å². The molecule has 0 aliphatic carbocycles. The molecule has 0 spiro atoms. The van der Waals surface area contributed by atoms with E-state index in [0.717, 1.165) is 12.8 Å². The van der Waals surface area contributed by atoms with E-state index in [2.05, 4.69) is 15.2 Å². The summed E-state index contributed by atoms with van der Waals surface area (Å²) in [5, 5.41) is 3.21. The van der Waals surface area contributed by atoms with Crippen LogP contribution in [0.15, 0.2) is 4.99 Å². The van der Waals surface area contributed by atoms with E-state index in [9.17, 15) is 13.2 Å². The third-order valence-corrected chi connectivity index (χ3v) is 6.89. The summed E-state index contributed by atoms with van der Waals surface area (Å²) < 4.78 is 28.7. The van der Waals surface area contributed by atoms with E-state index >= 15 is 0 Å². The van der Waals surface area contributed by atoms with Gasteiger partial charge in [0.25, 0.3) is 0 Å². The van der Waals surface area contributed by atoms with Gasteiger partial charge in [-0.15, -0.1) is 0 Å². The molecule has 0 bridgehead atoms. The molecule has 8 heteroatoms. The third kappa shape index (κ3) is 6.49. The Morgan fingerprint density at radius 1 is 1.24 bits per heavy atom. The molecule has 1 heterocycles. The Morgan fingerprint density at radius 2 is 1.84 bits per heavy atom. The van der Waals surface area contributed by atoms with Gasteiger partial charge in [-0.1, -0.05) is 0 Å². The van der Waals surface area contributed by atoms with Crippen LogP contribution in [0.2, 0.25) is 0 Å². The van der Waals surface area contributed by atoms with Crippen molar-refractivity contribution in [2.45, 2.75) is 52.2 Å². The lowest BCUT2D eigenvalue weighted by atomic mass is 9.97. The van der Waals surface area contributed by atoms with Crippen molar-refractivity contribution in [3.05, 3.63) is 0 Å². The Kier molecular flexibility index (Phi) is 8.18. The molecule has 0 aromatic carbocycles. The number of likely N-dealkylation sites (tertiary alicyclic amines) is 1. The average Bonchev–Trinajstić information content (AvgIpc) is 2.53. The molecule has 0 amide bonds. The van der Waals surface area contributed by atoms with Crippen LogP contribution in [-0.2, 0) is 19.4 Å². The molecule has 1 saturated heterocycles. The molecule has 1 aliphatic rings. The number of sulfone groups is 1. The number of nitrogens with zero attached hydrogens (tertiary/aromatic N) is 2. The summed E-state index contributed by atoms with van der Waals surface area (Å²) in [7, 11) is -3.18. The summed E-state index contributed by atoms with van der Waals surface area (Å²) in [5.41, 5.74) is 0. The first-order valence-electron chi connectivity index (χ1n) is 9.04. The second-order valence-electron chi connectivity index (χ2n) is 7.18. The van der Waals surface area contributed by atoms with Crippen LogP contribution in [0.25, 0.3) is 0 Å². The lowest BCUT2D eigenvalue weighted by Crippen LogP contribution is -2.47. The van der Waals surface area contributed by atoms with Gasteiger partial charge in [0.15, 0.2) is 15.8 Å². The SMILES string of the molecule is CCNC(=NCCS(=O)(=O)C(C)(C)C)N1CCC(C(=O)OCC)CC1. The van der Waals surface area contributed by atoms with Crippen LogP contribution in [0.4, 0.5) is 0 Å². The average molecular weight is 376 g/mol. The maximum absolute atomic E-state index is 12.2. The predicted octanol–water partition coefficient (Wildman–Crippen LogP) is 1.44. The van der Waals surface area contributed by atoms with Gasteiger partial charge in [0.2, 0.25) is 0 Å². The van der Waals surface area contributed by atoms with E-state index < -0.39 is 14.6 Å². The highest BCUT2D eigenvalue weighted by Gasteiger charge is 2.29. The second kappa shape index (κ2) is 9.40. The molecule has 1 fully saturated rings. The predicted molar refractivity (Wildman–Crippen MR) is 100 cm³/mol. The van der Waals surface area contributed by atoms with Gasteiger partial charge in [-0.2, -0.15) is 0 Å². The number of guanidine groups is 1. The fourth-order valence-corrected chi connectivity index (χ4v) is 3.53. The number of hydrogen-bond donors (Lipinski definition) is 1. The standard InChI is InChI=1S/C17H33N3O4S/c1-6-18-16(19-10-13-25(22,23)17(3,4)5)20-11-8-14(9-12-20)15(21)24-7-2/h14H,6-13H2,1-5H3,(H,18,19). The van der Waals surface area contributed by atoms with Crippen molar-refractivity contribution >= 4 is 21.8 Å². The zero-order chi connectivity index (χ0) is 19.1. The molecule has 25 heavy (non-hydrogen) atoms. The van der Waals surface area contributed by atoms with Crippen LogP contribution in [0.5, 0.6) is 0 Å². The number of aliphatic imine (C=N–C) groups is 1. The van der Waals surface area contributed by atoms with E-state index in [1.54, 1.807) is 20.8 Å². The van der Waals surface area contributed by atoms with Gasteiger partial charge in [-0.3, -0.25) is 9.79 Å². The van der Waals surface area contributed by atoms with Crippen LogP contribution in [0.3, 0.4) is 0 Å². The van der Waals surface area contributed by atoms with Gasteiger partial charge >= 0.3 is 5.97 Å². The summed E-state index contributed by atoms with van der Waals surface area (Å²) in [4.78, 5) is 18.4. The van der Waals surface area contributed by atoms with Crippen molar-refractivity contribution in [1.82, 2.24) is 10.2 Å². The molecular formula is C17H33N3O4S. The van der Waals surface area contributed by atoms with Crippen molar-refractivity contribution in [1.29, 1.82) is 0 Å². The van der Waals surface area contributed by atoms with Gasteiger partial charge in [-0.05, 0) is 47.5 Å². The molecule has 1 rings (SSSR count). The Bertz CT molecular complexity index is 559. The molecule has 0 aromatic heterocycles. The van der Waals surface area contributed by atoms with Crippen molar-refractivity contribution in [2.24, 2.45) is 10.9 Å². The van der Waals surface area contributed by atoms with Gasteiger partial charge in [0.1, 0.15) is 0 Å². The molecule has 146 valence electrons. The number of hydrogen-bond acceptors (Lipinski definition) is 5. The van der Waals surface area contributed by atoms with E-state index in [0.29, 0.717) is 32.2 Å². The number of carbonyl (C=O) groups excluding carboxylic acids is 1. The number of piperidine rings is 1. The number of rotatable bonds is 6. The maximum Gasteiger partial charge on any atom is 0.309 e. The fourth-order valence-electron chi connectivity index (χ4n) is 2.59. The zero-order valence-electron chi connectivity index (χ0n) is 16.2. The first-order valence-corrected chi connectivity index (χ1v) is 10.7. The summed E-state index contributed by atoms with van der Waals surface area (Å²) in [6.45, 7) is 11.7. The summed E-state index contributed by atoms with van der Waals surface area (Å²) >= 11 is 0. The van der Waals surface area contributed by atoms with Crippen LogP contribution in [-0.4, -0.2) is 68.5 Å². The minimum Gasteiger partial charge on any atom is -0.466 e. The highest BCUT2D eigenvalue weighted by atomic mass is 32.2. The largest absolute Gasteiger partial charge is 0.466 e. The number of ether oxygens (including phenoxy) is 1. The number of nitrogens with one attached hydrogen (secondary N) is 1. The van der Waals surface area contributed by atoms with Crippen molar-refractivity contribution < 1.29 is 17.9 Å². The maximum atomic E-state index is 12.2. The van der Waals surface area contributed by atoms with E-state index in [1.165, 1.54) is 0 Å². The van der Waals surface area contributed by atoms with Crippen LogP contribution < -0.4 is 5.32 Å². The number of carbonyl (C=O) groups is 1. The molecule has 0 unspecified atom stereocenters. The van der Waals surface area contributed by atoms with E-state index in [-0.39, 0.29) is 24.2 Å². The highest BCUT2D eigenvalue weighted by Crippen LogP contribution is 2.19. The number of esters is 1. The lowest BCUT2D eigenvalue weighted by molar-refractivity contribution is -0.149. The Hall–Kier alpha value is -1.31. The molecule has 1 aliphatic heterocycles. The molecule has 0 atom stereocenters. The molecule has 7 nitrogen and oxygen atoms in total. The van der Waals surface area contributed by atoms with Crippen LogP contribution in [0.1, 0.15) is 47.5 Å². The first kappa shape index (κ1) is 21.7. The highest BCUT2D eigenvalue weighted by molar-refractivity contribution is 7.92. The normalized spacial score (nSPS) is 17.5. The summed E-state index contributed by atoms with van der Waals surface area (Å²) in [5.74, 6) is 0.569. The summed E-state index contributed by atoms with van der Waals surface area (Å²) in [6.07, 6.45) is 1.45. The third-order valence-electron chi connectivity index (χ3n) is 4.30. The van der Waals surface area contributed by atoms with Gasteiger partial charge in [0, 0.05) is 19.6 Å².